The number of methoxy groups -OCH3 is 1. The van der Waals surface area contributed by atoms with E-state index in [-0.39, 0.29) is 0 Å². The summed E-state index contributed by atoms with van der Waals surface area (Å²) in [7, 11) is 1.33. The van der Waals surface area contributed by atoms with Gasteiger partial charge >= 0.3 is 5.97 Å². The van der Waals surface area contributed by atoms with Gasteiger partial charge in [0.25, 0.3) is 0 Å². The average molecular weight is 266 g/mol. The SMILES string of the molecule is C#Cc1ccc(C#Cc2cccs2)c(C(=O)OC)c1. The molecule has 0 aliphatic carbocycles. The topological polar surface area (TPSA) is 26.3 Å². The Labute approximate surface area is 116 Å². The highest BCUT2D eigenvalue weighted by Gasteiger charge is 2.10. The first-order chi connectivity index (χ1) is 9.24. The van der Waals surface area contributed by atoms with Crippen molar-refractivity contribution in [3.05, 3.63) is 57.3 Å². The Kier molecular flexibility index (Phi) is 4.03. The molecule has 0 aliphatic heterocycles. The summed E-state index contributed by atoms with van der Waals surface area (Å²) in [5, 5.41) is 1.95. The van der Waals surface area contributed by atoms with Gasteiger partial charge in [0.2, 0.25) is 0 Å². The van der Waals surface area contributed by atoms with Crippen LogP contribution < -0.4 is 0 Å². The number of esters is 1. The van der Waals surface area contributed by atoms with Crippen LogP contribution in [0.15, 0.2) is 35.7 Å². The van der Waals surface area contributed by atoms with Crippen molar-refractivity contribution < 1.29 is 9.53 Å². The van der Waals surface area contributed by atoms with Crippen LogP contribution in [0.1, 0.15) is 26.4 Å². The lowest BCUT2D eigenvalue weighted by molar-refractivity contribution is 0.0600. The normalized spacial score (nSPS) is 9.05. The molecule has 0 saturated carbocycles. The van der Waals surface area contributed by atoms with E-state index >= 15 is 0 Å². The molecule has 92 valence electrons. The minimum absolute atomic E-state index is 0.391. The summed E-state index contributed by atoms with van der Waals surface area (Å²) >= 11 is 1.55. The second-order valence-electron chi connectivity index (χ2n) is 3.62. The number of rotatable bonds is 1. The van der Waals surface area contributed by atoms with Crippen LogP contribution in [0.3, 0.4) is 0 Å². The van der Waals surface area contributed by atoms with E-state index in [1.54, 1.807) is 29.5 Å². The number of benzene rings is 1. The average Bonchev–Trinajstić information content (AvgIpc) is 2.97. The van der Waals surface area contributed by atoms with Crippen LogP contribution >= 0.6 is 11.3 Å². The second kappa shape index (κ2) is 5.91. The summed E-state index contributed by atoms with van der Waals surface area (Å²) in [6.45, 7) is 0. The van der Waals surface area contributed by atoms with Crippen LogP contribution in [0.2, 0.25) is 0 Å². The molecule has 0 atom stereocenters. The zero-order valence-corrected chi connectivity index (χ0v) is 11.1. The first-order valence-electron chi connectivity index (χ1n) is 5.49. The minimum Gasteiger partial charge on any atom is -0.465 e. The molecule has 2 rings (SSSR count). The van der Waals surface area contributed by atoms with E-state index in [2.05, 4.69) is 17.8 Å². The fraction of sp³-hybridized carbons (Fsp3) is 0.0625. The summed E-state index contributed by atoms with van der Waals surface area (Å²) in [5.74, 6) is 8.03. The fourth-order valence-corrected chi connectivity index (χ4v) is 2.07. The van der Waals surface area contributed by atoms with E-state index in [1.807, 2.05) is 17.5 Å². The summed E-state index contributed by atoms with van der Waals surface area (Å²) in [4.78, 5) is 12.6. The van der Waals surface area contributed by atoms with Gasteiger partial charge in [0.15, 0.2) is 0 Å². The molecule has 2 nitrogen and oxygen atoms in total. The Morgan fingerprint density at radius 3 is 2.79 bits per heavy atom. The van der Waals surface area contributed by atoms with Crippen LogP contribution in [0.5, 0.6) is 0 Å². The lowest BCUT2D eigenvalue weighted by Gasteiger charge is -2.03. The lowest BCUT2D eigenvalue weighted by Crippen LogP contribution is -2.04. The molecule has 0 radical (unpaired) electrons. The van der Waals surface area contributed by atoms with Crippen LogP contribution in [0.4, 0.5) is 0 Å². The minimum atomic E-state index is -0.437. The standard InChI is InChI=1S/C16H10O2S/c1-3-12-6-7-13(15(11-12)16(17)18-2)8-9-14-5-4-10-19-14/h1,4-7,10-11H,2H3. The van der Waals surface area contributed by atoms with E-state index in [0.717, 1.165) is 4.88 Å². The van der Waals surface area contributed by atoms with Crippen molar-refractivity contribution in [2.75, 3.05) is 7.11 Å². The van der Waals surface area contributed by atoms with Crippen molar-refractivity contribution in [3.8, 4) is 24.2 Å². The van der Waals surface area contributed by atoms with Crippen molar-refractivity contribution in [3.63, 3.8) is 0 Å². The Balaban J connectivity index is 2.45. The summed E-state index contributed by atoms with van der Waals surface area (Å²) in [6, 6.07) is 8.96. The van der Waals surface area contributed by atoms with Gasteiger partial charge in [-0.1, -0.05) is 23.8 Å². The van der Waals surface area contributed by atoms with Gasteiger partial charge in [0, 0.05) is 11.1 Å². The number of carbonyl (C=O) groups is 1. The number of hydrogen-bond donors (Lipinski definition) is 0. The van der Waals surface area contributed by atoms with E-state index < -0.39 is 5.97 Å². The van der Waals surface area contributed by atoms with Gasteiger partial charge in [-0.15, -0.1) is 17.8 Å². The van der Waals surface area contributed by atoms with E-state index in [1.165, 1.54) is 7.11 Å². The van der Waals surface area contributed by atoms with Gasteiger partial charge in [0.05, 0.1) is 17.6 Å². The summed E-state index contributed by atoms with van der Waals surface area (Å²) in [5.41, 5.74) is 1.63. The first-order valence-corrected chi connectivity index (χ1v) is 6.37. The molecule has 19 heavy (non-hydrogen) atoms. The maximum Gasteiger partial charge on any atom is 0.339 e. The summed E-state index contributed by atoms with van der Waals surface area (Å²) < 4.78 is 4.74. The van der Waals surface area contributed by atoms with Crippen molar-refractivity contribution in [1.82, 2.24) is 0 Å². The second-order valence-corrected chi connectivity index (χ2v) is 4.57. The monoisotopic (exact) mass is 266 g/mol. The fourth-order valence-electron chi connectivity index (χ4n) is 1.50. The van der Waals surface area contributed by atoms with Gasteiger partial charge < -0.3 is 4.74 Å². The maximum atomic E-state index is 11.7. The number of hydrogen-bond acceptors (Lipinski definition) is 3. The molecule has 0 saturated heterocycles. The predicted octanol–water partition coefficient (Wildman–Crippen LogP) is 2.92. The molecule has 0 aliphatic rings. The molecule has 0 amide bonds. The molecule has 1 aromatic carbocycles. The third kappa shape index (κ3) is 3.04. The van der Waals surface area contributed by atoms with Crippen molar-refractivity contribution >= 4 is 17.3 Å². The van der Waals surface area contributed by atoms with Gasteiger partial charge in [-0.2, -0.15) is 0 Å². The van der Waals surface area contributed by atoms with Crippen molar-refractivity contribution in [2.24, 2.45) is 0 Å². The Morgan fingerprint density at radius 2 is 2.16 bits per heavy atom. The van der Waals surface area contributed by atoms with Crippen LogP contribution in [-0.4, -0.2) is 13.1 Å². The predicted molar refractivity (Wildman–Crippen MR) is 76.0 cm³/mol. The number of carbonyl (C=O) groups excluding carboxylic acids is 1. The molecule has 0 unspecified atom stereocenters. The third-order valence-corrected chi connectivity index (χ3v) is 3.22. The van der Waals surface area contributed by atoms with E-state index in [4.69, 9.17) is 11.2 Å². The van der Waals surface area contributed by atoms with Crippen molar-refractivity contribution in [2.45, 2.75) is 0 Å². The molecule has 0 fully saturated rings. The number of thiophene rings is 1. The van der Waals surface area contributed by atoms with Gasteiger partial charge in [-0.25, -0.2) is 4.79 Å². The zero-order chi connectivity index (χ0) is 13.7. The van der Waals surface area contributed by atoms with Gasteiger partial charge in [-0.05, 0) is 29.6 Å². The zero-order valence-electron chi connectivity index (χ0n) is 10.3. The lowest BCUT2D eigenvalue weighted by atomic mass is 10.0. The smallest absolute Gasteiger partial charge is 0.339 e. The van der Waals surface area contributed by atoms with Gasteiger partial charge in [0.1, 0.15) is 0 Å². The molecular weight excluding hydrogens is 256 g/mol. The molecule has 1 heterocycles. The highest BCUT2D eigenvalue weighted by Crippen LogP contribution is 2.13. The van der Waals surface area contributed by atoms with Crippen LogP contribution in [0.25, 0.3) is 0 Å². The first kappa shape index (κ1) is 13.0. The summed E-state index contributed by atoms with van der Waals surface area (Å²) in [6.07, 6.45) is 5.33. The number of terminal acetylenes is 1. The quantitative estimate of drug-likeness (QED) is 0.586. The Morgan fingerprint density at radius 1 is 1.32 bits per heavy atom. The Hall–Kier alpha value is -2.49. The van der Waals surface area contributed by atoms with Crippen molar-refractivity contribution in [1.29, 1.82) is 0 Å². The molecule has 2 aromatic rings. The molecule has 0 N–H and O–H groups in total. The molecule has 3 heteroatoms. The highest BCUT2D eigenvalue weighted by molar-refractivity contribution is 7.10. The van der Waals surface area contributed by atoms with E-state index in [9.17, 15) is 4.79 Å². The van der Waals surface area contributed by atoms with Crippen LogP contribution in [-0.2, 0) is 4.74 Å². The maximum absolute atomic E-state index is 11.7. The Bertz CT molecular complexity index is 695. The molecule has 1 aromatic heterocycles. The van der Waals surface area contributed by atoms with Crippen LogP contribution in [0, 0.1) is 24.2 Å². The number of ether oxygens (including phenoxy) is 1. The molecular formula is C16H10O2S. The third-order valence-electron chi connectivity index (χ3n) is 2.43. The van der Waals surface area contributed by atoms with Gasteiger partial charge in [-0.3, -0.25) is 0 Å². The largest absolute Gasteiger partial charge is 0.465 e. The molecule has 0 spiro atoms. The van der Waals surface area contributed by atoms with E-state index in [0.29, 0.717) is 16.7 Å². The highest BCUT2D eigenvalue weighted by atomic mass is 32.1. The molecule has 0 bridgehead atoms.